The lowest BCUT2D eigenvalue weighted by Crippen LogP contribution is -2.31. The molecule has 4 nitrogen and oxygen atoms in total. The van der Waals surface area contributed by atoms with Crippen LogP contribution in [-0.4, -0.2) is 47.8 Å². The second-order valence-corrected chi connectivity index (χ2v) is 7.10. The van der Waals surface area contributed by atoms with E-state index in [4.69, 9.17) is 4.74 Å². The van der Waals surface area contributed by atoms with Crippen LogP contribution < -0.4 is 0 Å². The van der Waals surface area contributed by atoms with Crippen molar-refractivity contribution in [3.05, 3.63) is 30.0 Å². The Bertz CT molecular complexity index is 660. The molecule has 0 atom stereocenters. The van der Waals surface area contributed by atoms with Crippen molar-refractivity contribution in [3.63, 3.8) is 0 Å². The SMILES string of the molecule is CCOC(=O)c1ccc2[nH]cc(SC3CCN(C)CC3)c2c1. The Morgan fingerprint density at radius 3 is 2.91 bits per heavy atom. The van der Waals surface area contributed by atoms with Gasteiger partial charge in [0.15, 0.2) is 0 Å². The molecule has 0 aliphatic carbocycles. The predicted octanol–water partition coefficient (Wildman–Crippen LogP) is 3.53. The number of fused-ring (bicyclic) bond motifs is 1. The summed E-state index contributed by atoms with van der Waals surface area (Å²) in [6, 6.07) is 5.72. The zero-order valence-corrected chi connectivity index (χ0v) is 13.9. The molecule has 0 spiro atoms. The molecule has 1 aliphatic rings. The van der Waals surface area contributed by atoms with Crippen molar-refractivity contribution < 1.29 is 9.53 Å². The molecule has 1 fully saturated rings. The van der Waals surface area contributed by atoms with E-state index in [0.29, 0.717) is 17.4 Å². The van der Waals surface area contributed by atoms with Gasteiger partial charge in [0, 0.05) is 27.2 Å². The van der Waals surface area contributed by atoms with Gasteiger partial charge < -0.3 is 14.6 Å². The van der Waals surface area contributed by atoms with Gasteiger partial charge in [-0.3, -0.25) is 0 Å². The highest BCUT2D eigenvalue weighted by atomic mass is 32.2. The van der Waals surface area contributed by atoms with Crippen molar-refractivity contribution in [2.24, 2.45) is 0 Å². The van der Waals surface area contributed by atoms with Gasteiger partial charge in [-0.05, 0) is 58.1 Å². The maximum atomic E-state index is 11.9. The van der Waals surface area contributed by atoms with Gasteiger partial charge in [0.25, 0.3) is 0 Å². The number of benzene rings is 1. The van der Waals surface area contributed by atoms with Crippen molar-refractivity contribution in [2.45, 2.75) is 29.9 Å². The zero-order valence-electron chi connectivity index (χ0n) is 13.1. The van der Waals surface area contributed by atoms with E-state index in [2.05, 4.69) is 23.1 Å². The van der Waals surface area contributed by atoms with Crippen LogP contribution in [0.3, 0.4) is 0 Å². The number of piperidine rings is 1. The highest BCUT2D eigenvalue weighted by molar-refractivity contribution is 8.00. The van der Waals surface area contributed by atoms with Crippen LogP contribution in [-0.2, 0) is 4.74 Å². The number of thioether (sulfide) groups is 1. The number of carbonyl (C=O) groups is 1. The van der Waals surface area contributed by atoms with Crippen molar-refractivity contribution in [1.29, 1.82) is 0 Å². The molecule has 0 radical (unpaired) electrons. The first-order chi connectivity index (χ1) is 10.7. The number of esters is 1. The molecular formula is C17H22N2O2S. The predicted molar refractivity (Wildman–Crippen MR) is 90.6 cm³/mol. The molecule has 1 aromatic heterocycles. The number of nitrogens with zero attached hydrogens (tertiary/aromatic N) is 1. The number of hydrogen-bond donors (Lipinski definition) is 1. The van der Waals surface area contributed by atoms with Crippen LogP contribution in [0.25, 0.3) is 10.9 Å². The lowest BCUT2D eigenvalue weighted by molar-refractivity contribution is 0.0526. The molecule has 118 valence electrons. The summed E-state index contributed by atoms with van der Waals surface area (Å²) in [5, 5.41) is 1.77. The summed E-state index contributed by atoms with van der Waals surface area (Å²) in [6.45, 7) is 4.55. The Labute approximate surface area is 135 Å². The van der Waals surface area contributed by atoms with Crippen LogP contribution in [0.5, 0.6) is 0 Å². The van der Waals surface area contributed by atoms with Gasteiger partial charge in [-0.1, -0.05) is 0 Å². The van der Waals surface area contributed by atoms with E-state index in [9.17, 15) is 4.79 Å². The van der Waals surface area contributed by atoms with Crippen molar-refractivity contribution in [3.8, 4) is 0 Å². The zero-order chi connectivity index (χ0) is 15.5. The largest absolute Gasteiger partial charge is 0.462 e. The number of H-pyrrole nitrogens is 1. The Kier molecular flexibility index (Phi) is 4.74. The highest BCUT2D eigenvalue weighted by Gasteiger charge is 2.19. The molecule has 2 heterocycles. The summed E-state index contributed by atoms with van der Waals surface area (Å²) in [4.78, 5) is 18.8. The first kappa shape index (κ1) is 15.4. The number of aromatic amines is 1. The minimum Gasteiger partial charge on any atom is -0.462 e. The number of nitrogens with one attached hydrogen (secondary N) is 1. The number of rotatable bonds is 4. The topological polar surface area (TPSA) is 45.3 Å². The lowest BCUT2D eigenvalue weighted by atomic mass is 10.1. The maximum absolute atomic E-state index is 11.9. The minimum atomic E-state index is -0.249. The van der Waals surface area contributed by atoms with Gasteiger partial charge in [-0.2, -0.15) is 0 Å². The Morgan fingerprint density at radius 2 is 2.18 bits per heavy atom. The smallest absolute Gasteiger partial charge is 0.338 e. The molecule has 5 heteroatoms. The van der Waals surface area contributed by atoms with E-state index in [1.54, 1.807) is 0 Å². The van der Waals surface area contributed by atoms with Gasteiger partial charge >= 0.3 is 5.97 Å². The standard InChI is InChI=1S/C17H22N2O2S/c1-3-21-17(20)12-4-5-15-14(10-12)16(11-18-15)22-13-6-8-19(2)9-7-13/h4-5,10-11,13,18H,3,6-9H2,1-2H3. The van der Waals surface area contributed by atoms with E-state index < -0.39 is 0 Å². The normalized spacial score (nSPS) is 17.0. The summed E-state index contributed by atoms with van der Waals surface area (Å²) in [6.07, 6.45) is 4.49. The number of carbonyl (C=O) groups excluding carboxylic acids is 1. The second kappa shape index (κ2) is 6.75. The second-order valence-electron chi connectivity index (χ2n) is 5.75. The Hall–Kier alpha value is -1.46. The van der Waals surface area contributed by atoms with E-state index in [1.807, 2.05) is 36.9 Å². The van der Waals surface area contributed by atoms with Gasteiger partial charge in [0.1, 0.15) is 0 Å². The van der Waals surface area contributed by atoms with Crippen LogP contribution in [0, 0.1) is 0 Å². The molecule has 0 saturated carbocycles. The number of aromatic nitrogens is 1. The van der Waals surface area contributed by atoms with Crippen molar-refractivity contribution in [2.75, 3.05) is 26.7 Å². The van der Waals surface area contributed by atoms with Gasteiger partial charge in [0.05, 0.1) is 12.2 Å². The third-order valence-corrected chi connectivity index (χ3v) is 5.51. The Balaban J connectivity index is 1.80. The number of likely N-dealkylation sites (tertiary alicyclic amines) is 1. The Morgan fingerprint density at radius 1 is 1.41 bits per heavy atom. The molecule has 22 heavy (non-hydrogen) atoms. The summed E-state index contributed by atoms with van der Waals surface area (Å²) >= 11 is 1.93. The summed E-state index contributed by atoms with van der Waals surface area (Å²) in [5.41, 5.74) is 1.70. The quantitative estimate of drug-likeness (QED) is 0.876. The third-order valence-electron chi connectivity index (χ3n) is 4.11. The molecular weight excluding hydrogens is 296 g/mol. The molecule has 1 aromatic carbocycles. The fraction of sp³-hybridized carbons (Fsp3) is 0.471. The monoisotopic (exact) mass is 318 g/mol. The lowest BCUT2D eigenvalue weighted by Gasteiger charge is -2.28. The van der Waals surface area contributed by atoms with Crippen LogP contribution in [0.15, 0.2) is 29.3 Å². The fourth-order valence-electron chi connectivity index (χ4n) is 2.82. The minimum absolute atomic E-state index is 0.249. The molecule has 1 saturated heterocycles. The van der Waals surface area contributed by atoms with Crippen LogP contribution in [0.4, 0.5) is 0 Å². The first-order valence-corrected chi connectivity index (χ1v) is 8.69. The average Bonchev–Trinajstić information content (AvgIpc) is 2.92. The van der Waals surface area contributed by atoms with E-state index >= 15 is 0 Å². The van der Waals surface area contributed by atoms with Crippen molar-refractivity contribution >= 4 is 28.6 Å². The third kappa shape index (κ3) is 3.31. The summed E-state index contributed by atoms with van der Waals surface area (Å²) < 4.78 is 5.09. The molecule has 1 aliphatic heterocycles. The molecule has 1 N–H and O–H groups in total. The van der Waals surface area contributed by atoms with E-state index in [0.717, 1.165) is 24.0 Å². The van der Waals surface area contributed by atoms with Crippen molar-refractivity contribution in [1.82, 2.24) is 9.88 Å². The fourth-order valence-corrected chi connectivity index (χ4v) is 4.04. The molecule has 0 amide bonds. The van der Waals surface area contributed by atoms with Gasteiger partial charge in [-0.15, -0.1) is 11.8 Å². The number of hydrogen-bond acceptors (Lipinski definition) is 4. The van der Waals surface area contributed by atoms with Crippen LogP contribution in [0.1, 0.15) is 30.1 Å². The molecule has 2 aromatic rings. The first-order valence-electron chi connectivity index (χ1n) is 7.81. The molecule has 0 unspecified atom stereocenters. The average molecular weight is 318 g/mol. The van der Waals surface area contributed by atoms with Gasteiger partial charge in [-0.25, -0.2) is 4.79 Å². The van der Waals surface area contributed by atoms with Crippen LogP contribution in [0.2, 0.25) is 0 Å². The molecule has 0 bridgehead atoms. The maximum Gasteiger partial charge on any atom is 0.338 e. The molecule has 3 rings (SSSR count). The van der Waals surface area contributed by atoms with Gasteiger partial charge in [0.2, 0.25) is 0 Å². The van der Waals surface area contributed by atoms with E-state index in [-0.39, 0.29) is 5.97 Å². The van der Waals surface area contributed by atoms with E-state index in [1.165, 1.54) is 17.7 Å². The summed E-state index contributed by atoms with van der Waals surface area (Å²) in [7, 11) is 2.18. The number of ether oxygens (including phenoxy) is 1. The highest BCUT2D eigenvalue weighted by Crippen LogP contribution is 2.35. The van der Waals surface area contributed by atoms with Crippen LogP contribution >= 0.6 is 11.8 Å². The summed E-state index contributed by atoms with van der Waals surface area (Å²) in [5.74, 6) is -0.249.